The zero-order chi connectivity index (χ0) is 16.4. The quantitative estimate of drug-likeness (QED) is 0.823. The minimum atomic E-state index is 0. The largest absolute Gasteiger partial charge is 0.398 e. The Morgan fingerprint density at radius 3 is 2.60 bits per heavy atom. The Balaban J connectivity index is 0.00000156. The minimum Gasteiger partial charge on any atom is -0.398 e. The highest BCUT2D eigenvalue weighted by Gasteiger charge is 2.24. The van der Waals surface area contributed by atoms with Crippen LogP contribution in [0.15, 0.2) is 42.5 Å². The predicted octanol–water partition coefficient (Wildman–Crippen LogP) is 3.77. The van der Waals surface area contributed by atoms with Gasteiger partial charge in [-0.1, -0.05) is 18.2 Å². The van der Waals surface area contributed by atoms with Crippen LogP contribution < -0.4 is 10.6 Å². The number of anilines is 2. The Hall–Kier alpha value is -1.75. The minimum absolute atomic E-state index is 0. The van der Waals surface area contributed by atoms with Gasteiger partial charge in [-0.3, -0.25) is 4.79 Å². The van der Waals surface area contributed by atoms with Crippen molar-refractivity contribution in [1.29, 1.82) is 0 Å². The first-order valence-electron chi connectivity index (χ1n) is 7.99. The lowest BCUT2D eigenvalue weighted by molar-refractivity contribution is 0.0985. The molecule has 3 rings (SSSR count). The van der Waals surface area contributed by atoms with Gasteiger partial charge in [-0.25, -0.2) is 0 Å². The van der Waals surface area contributed by atoms with Crippen LogP contribution in [0.25, 0.3) is 0 Å². The molecule has 0 spiro atoms. The fourth-order valence-corrected chi connectivity index (χ4v) is 3.19. The number of halogens is 2. The van der Waals surface area contributed by atoms with Gasteiger partial charge in [0.1, 0.15) is 0 Å². The summed E-state index contributed by atoms with van der Waals surface area (Å²) in [7, 11) is 4.05. The highest BCUT2D eigenvalue weighted by atomic mass is 35.5. The summed E-state index contributed by atoms with van der Waals surface area (Å²) in [4.78, 5) is 16.9. The Kier molecular flexibility index (Phi) is 7.74. The van der Waals surface area contributed by atoms with Crippen molar-refractivity contribution in [3.8, 4) is 0 Å². The van der Waals surface area contributed by atoms with Gasteiger partial charge in [-0.05, 0) is 62.3 Å². The van der Waals surface area contributed by atoms with E-state index in [2.05, 4.69) is 11.0 Å². The van der Waals surface area contributed by atoms with Gasteiger partial charge in [-0.2, -0.15) is 0 Å². The summed E-state index contributed by atoms with van der Waals surface area (Å²) in [5.74, 6) is 0.0529. The average molecular weight is 382 g/mol. The normalized spacial score (nSPS) is 12.8. The summed E-state index contributed by atoms with van der Waals surface area (Å²) < 4.78 is 0. The fourth-order valence-electron chi connectivity index (χ4n) is 3.19. The van der Waals surface area contributed by atoms with E-state index >= 15 is 0 Å². The van der Waals surface area contributed by atoms with Crippen LogP contribution in [0.2, 0.25) is 0 Å². The van der Waals surface area contributed by atoms with Crippen LogP contribution >= 0.6 is 24.8 Å². The van der Waals surface area contributed by atoms with E-state index in [0.717, 1.165) is 54.0 Å². The van der Waals surface area contributed by atoms with Crippen molar-refractivity contribution >= 4 is 42.1 Å². The second-order valence-electron chi connectivity index (χ2n) is 6.34. The first-order chi connectivity index (χ1) is 11.1. The molecular formula is C19H25Cl2N3O. The van der Waals surface area contributed by atoms with Crippen molar-refractivity contribution < 1.29 is 4.79 Å². The monoisotopic (exact) mass is 381 g/mol. The molecule has 1 aliphatic rings. The summed E-state index contributed by atoms with van der Waals surface area (Å²) in [6.45, 7) is 1.57. The molecule has 0 saturated heterocycles. The number of nitrogen functional groups attached to an aromatic ring is 1. The third-order valence-electron chi connectivity index (χ3n) is 4.20. The van der Waals surface area contributed by atoms with E-state index in [0.29, 0.717) is 0 Å². The first-order valence-corrected chi connectivity index (χ1v) is 7.99. The van der Waals surface area contributed by atoms with E-state index in [1.165, 1.54) is 0 Å². The Morgan fingerprint density at radius 2 is 1.88 bits per heavy atom. The third-order valence-corrected chi connectivity index (χ3v) is 4.20. The molecule has 0 saturated carbocycles. The number of nitrogens with two attached hydrogens (primary N) is 1. The van der Waals surface area contributed by atoms with E-state index in [-0.39, 0.29) is 30.7 Å². The molecule has 0 bridgehead atoms. The molecule has 0 fully saturated rings. The van der Waals surface area contributed by atoms with E-state index in [1.807, 2.05) is 55.4 Å². The second-order valence-corrected chi connectivity index (χ2v) is 6.34. The summed E-state index contributed by atoms with van der Waals surface area (Å²) in [6.07, 6.45) is 1.89. The topological polar surface area (TPSA) is 49.6 Å². The second kappa shape index (κ2) is 9.09. The van der Waals surface area contributed by atoms with Gasteiger partial charge < -0.3 is 15.5 Å². The van der Waals surface area contributed by atoms with E-state index in [4.69, 9.17) is 5.73 Å². The van der Waals surface area contributed by atoms with E-state index in [9.17, 15) is 4.79 Å². The molecule has 1 aliphatic heterocycles. The van der Waals surface area contributed by atoms with Crippen LogP contribution in [0.5, 0.6) is 0 Å². The van der Waals surface area contributed by atoms with Crippen LogP contribution in [0.3, 0.4) is 0 Å². The SMILES string of the molecule is CN(C)Cc1cccc(C(=O)N2CCCc3c(N)cccc32)c1.Cl.Cl. The average Bonchev–Trinajstić information content (AvgIpc) is 2.54. The number of nitrogens with zero attached hydrogens (tertiary/aromatic N) is 2. The molecule has 0 atom stereocenters. The van der Waals surface area contributed by atoms with Crippen molar-refractivity contribution in [1.82, 2.24) is 4.90 Å². The molecule has 1 heterocycles. The number of benzene rings is 2. The summed E-state index contributed by atoms with van der Waals surface area (Å²) >= 11 is 0. The van der Waals surface area contributed by atoms with Crippen molar-refractivity contribution in [3.63, 3.8) is 0 Å². The van der Waals surface area contributed by atoms with Crippen molar-refractivity contribution in [3.05, 3.63) is 59.2 Å². The van der Waals surface area contributed by atoms with Crippen LogP contribution in [-0.2, 0) is 13.0 Å². The molecule has 6 heteroatoms. The summed E-state index contributed by atoms with van der Waals surface area (Å²) in [5.41, 5.74) is 10.8. The maximum absolute atomic E-state index is 13.0. The number of carbonyl (C=O) groups is 1. The molecule has 0 aromatic heterocycles. The number of fused-ring (bicyclic) bond motifs is 1. The van der Waals surface area contributed by atoms with Gasteiger partial charge in [-0.15, -0.1) is 24.8 Å². The van der Waals surface area contributed by atoms with Crippen molar-refractivity contribution in [2.24, 2.45) is 0 Å². The Labute approximate surface area is 161 Å². The molecule has 0 unspecified atom stereocenters. The lowest BCUT2D eigenvalue weighted by Gasteiger charge is -2.30. The molecule has 4 nitrogen and oxygen atoms in total. The molecule has 2 aromatic rings. The highest BCUT2D eigenvalue weighted by Crippen LogP contribution is 2.32. The summed E-state index contributed by atoms with van der Waals surface area (Å²) in [5, 5.41) is 0. The van der Waals surface area contributed by atoms with Crippen LogP contribution in [0, 0.1) is 0 Å². The number of rotatable bonds is 3. The van der Waals surface area contributed by atoms with Gasteiger partial charge in [0.15, 0.2) is 0 Å². The molecule has 2 N–H and O–H groups in total. The molecule has 0 aliphatic carbocycles. The zero-order valence-corrected chi connectivity index (χ0v) is 16.2. The van der Waals surface area contributed by atoms with Gasteiger partial charge in [0, 0.05) is 30.0 Å². The van der Waals surface area contributed by atoms with E-state index < -0.39 is 0 Å². The first kappa shape index (κ1) is 21.3. The molecular weight excluding hydrogens is 357 g/mol. The number of amides is 1. The zero-order valence-electron chi connectivity index (χ0n) is 14.6. The molecule has 2 aromatic carbocycles. The third kappa shape index (κ3) is 4.66. The van der Waals surface area contributed by atoms with E-state index in [1.54, 1.807) is 0 Å². The van der Waals surface area contributed by atoms with Crippen LogP contribution in [0.4, 0.5) is 11.4 Å². The molecule has 136 valence electrons. The van der Waals surface area contributed by atoms with Crippen LogP contribution in [0.1, 0.15) is 27.9 Å². The predicted molar refractivity (Wildman–Crippen MR) is 109 cm³/mol. The number of hydrogen-bond donors (Lipinski definition) is 1. The van der Waals surface area contributed by atoms with Gasteiger partial charge in [0.05, 0.1) is 0 Å². The summed E-state index contributed by atoms with van der Waals surface area (Å²) in [6, 6.07) is 13.7. The smallest absolute Gasteiger partial charge is 0.258 e. The molecule has 25 heavy (non-hydrogen) atoms. The molecule has 0 radical (unpaired) electrons. The maximum Gasteiger partial charge on any atom is 0.258 e. The lowest BCUT2D eigenvalue weighted by atomic mass is 9.98. The standard InChI is InChI=1S/C19H23N3O.2ClH/c1-21(2)13-14-6-3-7-15(12-14)19(23)22-11-5-8-16-17(20)9-4-10-18(16)22;;/h3-4,6-7,9-10,12H,5,8,11,13,20H2,1-2H3;2*1H. The Morgan fingerprint density at radius 1 is 1.16 bits per heavy atom. The highest BCUT2D eigenvalue weighted by molar-refractivity contribution is 6.07. The van der Waals surface area contributed by atoms with Gasteiger partial charge in [0.25, 0.3) is 5.91 Å². The Bertz CT molecular complexity index is 734. The lowest BCUT2D eigenvalue weighted by Crippen LogP contribution is -2.35. The van der Waals surface area contributed by atoms with Crippen LogP contribution in [-0.4, -0.2) is 31.4 Å². The number of hydrogen-bond acceptors (Lipinski definition) is 3. The maximum atomic E-state index is 13.0. The van der Waals surface area contributed by atoms with Gasteiger partial charge >= 0.3 is 0 Å². The molecule has 1 amide bonds. The van der Waals surface area contributed by atoms with Gasteiger partial charge in [0.2, 0.25) is 0 Å². The van der Waals surface area contributed by atoms with Crippen molar-refractivity contribution in [2.45, 2.75) is 19.4 Å². The fraction of sp³-hybridized carbons (Fsp3) is 0.316. The van der Waals surface area contributed by atoms with Crippen molar-refractivity contribution in [2.75, 3.05) is 31.3 Å². The number of carbonyl (C=O) groups excluding carboxylic acids is 1.